The van der Waals surface area contributed by atoms with E-state index >= 15 is 0 Å². The van der Waals surface area contributed by atoms with E-state index in [9.17, 15) is 14.7 Å². The van der Waals surface area contributed by atoms with Gasteiger partial charge in [0.1, 0.15) is 5.76 Å². The smallest absolute Gasteiger partial charge is 0.300 e. The van der Waals surface area contributed by atoms with Gasteiger partial charge in [-0.15, -0.1) is 0 Å². The molecule has 30 heavy (non-hydrogen) atoms. The van der Waals surface area contributed by atoms with Crippen molar-refractivity contribution in [1.82, 2.24) is 0 Å². The van der Waals surface area contributed by atoms with Gasteiger partial charge >= 0.3 is 0 Å². The second-order valence-corrected chi connectivity index (χ2v) is 7.89. The number of hydrogen-bond donors (Lipinski definition) is 1. The van der Waals surface area contributed by atoms with Crippen LogP contribution in [0.2, 0.25) is 10.0 Å². The van der Waals surface area contributed by atoms with E-state index in [1.807, 2.05) is 13.0 Å². The minimum atomic E-state index is -0.819. The molecule has 4 nitrogen and oxygen atoms in total. The van der Waals surface area contributed by atoms with Gasteiger partial charge in [0.05, 0.1) is 11.6 Å². The first kappa shape index (κ1) is 20.2. The Morgan fingerprint density at radius 2 is 1.60 bits per heavy atom. The van der Waals surface area contributed by atoms with Gasteiger partial charge in [-0.1, -0.05) is 65.7 Å². The molecule has 4 rings (SSSR count). The number of aliphatic hydroxyl groups excluding tert-OH is 1. The molecule has 1 unspecified atom stereocenters. The van der Waals surface area contributed by atoms with Crippen molar-refractivity contribution in [3.05, 3.63) is 105 Å². The molecule has 1 fully saturated rings. The number of hydrogen-bond acceptors (Lipinski definition) is 3. The van der Waals surface area contributed by atoms with Crippen LogP contribution in [0.4, 0.5) is 5.69 Å². The van der Waals surface area contributed by atoms with Crippen molar-refractivity contribution in [3.63, 3.8) is 0 Å². The standard InChI is InChI=1S/C24H17Cl2NO3/c1-14-12-17(26)10-11-19(14)21-20(22(28)15-6-3-2-4-7-15)23(29)24(30)27(21)18-9-5-8-16(25)13-18/h2-13,21,28H,1H3. The zero-order valence-corrected chi connectivity index (χ0v) is 17.5. The molecule has 0 bridgehead atoms. The first-order chi connectivity index (χ1) is 14.4. The van der Waals surface area contributed by atoms with E-state index in [4.69, 9.17) is 23.2 Å². The minimum absolute atomic E-state index is 0.0246. The Morgan fingerprint density at radius 1 is 0.900 bits per heavy atom. The first-order valence-corrected chi connectivity index (χ1v) is 10.0. The van der Waals surface area contributed by atoms with Crippen LogP contribution in [-0.4, -0.2) is 16.8 Å². The molecule has 0 radical (unpaired) electrons. The van der Waals surface area contributed by atoms with Crippen molar-refractivity contribution < 1.29 is 14.7 Å². The van der Waals surface area contributed by atoms with Crippen molar-refractivity contribution in [2.45, 2.75) is 13.0 Å². The predicted molar refractivity (Wildman–Crippen MR) is 119 cm³/mol. The normalized spacial score (nSPS) is 18.1. The topological polar surface area (TPSA) is 57.6 Å². The van der Waals surface area contributed by atoms with E-state index in [1.54, 1.807) is 66.7 Å². The van der Waals surface area contributed by atoms with Gasteiger partial charge in [0.25, 0.3) is 11.7 Å². The molecule has 0 spiro atoms. The third-order valence-electron chi connectivity index (χ3n) is 5.10. The third-order valence-corrected chi connectivity index (χ3v) is 5.57. The van der Waals surface area contributed by atoms with Crippen LogP contribution in [0.25, 0.3) is 5.76 Å². The molecule has 0 saturated carbocycles. The van der Waals surface area contributed by atoms with Crippen molar-refractivity contribution >= 4 is 46.3 Å². The van der Waals surface area contributed by atoms with Crippen molar-refractivity contribution in [2.24, 2.45) is 0 Å². The molecule has 3 aromatic rings. The number of ketones is 1. The van der Waals surface area contributed by atoms with Crippen LogP contribution in [0.3, 0.4) is 0 Å². The van der Waals surface area contributed by atoms with E-state index < -0.39 is 17.7 Å². The highest BCUT2D eigenvalue weighted by Gasteiger charge is 2.47. The Morgan fingerprint density at radius 3 is 2.27 bits per heavy atom. The number of nitrogens with zero attached hydrogens (tertiary/aromatic N) is 1. The monoisotopic (exact) mass is 437 g/mol. The molecule has 1 heterocycles. The number of aryl methyl sites for hydroxylation is 1. The highest BCUT2D eigenvalue weighted by atomic mass is 35.5. The van der Waals surface area contributed by atoms with E-state index in [1.165, 1.54) is 4.90 Å². The second kappa shape index (κ2) is 7.98. The number of carbonyl (C=O) groups is 2. The van der Waals surface area contributed by atoms with Gasteiger partial charge in [0, 0.05) is 21.3 Å². The summed E-state index contributed by atoms with van der Waals surface area (Å²) in [5.74, 6) is -1.71. The molecule has 1 saturated heterocycles. The number of halogens is 2. The van der Waals surface area contributed by atoms with Gasteiger partial charge in [-0.05, 0) is 48.4 Å². The Hall–Kier alpha value is -3.08. The van der Waals surface area contributed by atoms with Crippen LogP contribution >= 0.6 is 23.2 Å². The van der Waals surface area contributed by atoms with Crippen LogP contribution in [0, 0.1) is 6.92 Å². The van der Waals surface area contributed by atoms with Gasteiger partial charge in [-0.25, -0.2) is 0 Å². The number of anilines is 1. The Bertz CT molecular complexity index is 1190. The molecule has 1 N–H and O–H groups in total. The summed E-state index contributed by atoms with van der Waals surface area (Å²) in [7, 11) is 0. The molecule has 0 aromatic heterocycles. The lowest BCUT2D eigenvalue weighted by molar-refractivity contribution is -0.132. The molecular weight excluding hydrogens is 421 g/mol. The SMILES string of the molecule is Cc1cc(Cl)ccc1C1C(=C(O)c2ccccc2)C(=O)C(=O)N1c1cccc(Cl)c1. The van der Waals surface area contributed by atoms with Gasteiger partial charge in [0.2, 0.25) is 0 Å². The zero-order chi connectivity index (χ0) is 21.4. The van der Waals surface area contributed by atoms with Crippen LogP contribution in [0.1, 0.15) is 22.7 Å². The number of Topliss-reactive ketones (excluding diaryl/α,β-unsaturated/α-hetero) is 1. The molecule has 1 aliphatic heterocycles. The van der Waals surface area contributed by atoms with Gasteiger partial charge < -0.3 is 5.11 Å². The van der Waals surface area contributed by atoms with E-state index in [0.717, 1.165) is 5.56 Å². The molecular formula is C24H17Cl2NO3. The summed E-state index contributed by atoms with van der Waals surface area (Å²) in [6.07, 6.45) is 0. The summed E-state index contributed by atoms with van der Waals surface area (Å²) in [5.41, 5.74) is 2.43. The van der Waals surface area contributed by atoms with E-state index in [2.05, 4.69) is 0 Å². The maximum atomic E-state index is 13.1. The summed E-state index contributed by atoms with van der Waals surface area (Å²) < 4.78 is 0. The van der Waals surface area contributed by atoms with E-state index in [0.29, 0.717) is 26.9 Å². The fourth-order valence-electron chi connectivity index (χ4n) is 3.72. The molecule has 1 amide bonds. The van der Waals surface area contributed by atoms with E-state index in [-0.39, 0.29) is 11.3 Å². The minimum Gasteiger partial charge on any atom is -0.507 e. The zero-order valence-electron chi connectivity index (χ0n) is 16.0. The van der Waals surface area contributed by atoms with Crippen molar-refractivity contribution in [2.75, 3.05) is 4.90 Å². The molecule has 1 aliphatic rings. The van der Waals surface area contributed by atoms with Gasteiger partial charge in [-0.2, -0.15) is 0 Å². The lowest BCUT2D eigenvalue weighted by Gasteiger charge is -2.27. The summed E-state index contributed by atoms with van der Waals surface area (Å²) >= 11 is 12.3. The van der Waals surface area contributed by atoms with Gasteiger partial charge in [-0.3, -0.25) is 14.5 Å². The summed E-state index contributed by atoms with van der Waals surface area (Å²) in [6, 6.07) is 19.8. The maximum absolute atomic E-state index is 13.1. The first-order valence-electron chi connectivity index (χ1n) is 9.26. The quantitative estimate of drug-likeness (QED) is 0.313. The van der Waals surface area contributed by atoms with Crippen LogP contribution in [0.15, 0.2) is 78.4 Å². The average Bonchev–Trinajstić information content (AvgIpc) is 2.99. The fourth-order valence-corrected chi connectivity index (χ4v) is 4.13. The Labute approximate surface area is 184 Å². The second-order valence-electron chi connectivity index (χ2n) is 7.02. The van der Waals surface area contributed by atoms with Gasteiger partial charge in [0.15, 0.2) is 0 Å². The van der Waals surface area contributed by atoms with Crippen molar-refractivity contribution in [3.8, 4) is 0 Å². The fraction of sp³-hybridized carbons (Fsp3) is 0.0833. The lowest BCUT2D eigenvalue weighted by Crippen LogP contribution is -2.29. The maximum Gasteiger partial charge on any atom is 0.300 e. The van der Waals surface area contributed by atoms with Crippen LogP contribution in [0.5, 0.6) is 0 Å². The molecule has 6 heteroatoms. The summed E-state index contributed by atoms with van der Waals surface area (Å²) in [4.78, 5) is 27.5. The number of rotatable bonds is 3. The summed E-state index contributed by atoms with van der Waals surface area (Å²) in [5, 5.41) is 12.0. The number of amides is 1. The molecule has 150 valence electrons. The largest absolute Gasteiger partial charge is 0.507 e. The average molecular weight is 438 g/mol. The molecule has 3 aromatic carbocycles. The van der Waals surface area contributed by atoms with Crippen molar-refractivity contribution in [1.29, 1.82) is 0 Å². The number of aliphatic hydroxyl groups is 1. The molecule has 0 aliphatic carbocycles. The number of benzene rings is 3. The van der Waals surface area contributed by atoms with Crippen LogP contribution in [-0.2, 0) is 9.59 Å². The highest BCUT2D eigenvalue weighted by Crippen LogP contribution is 2.43. The molecule has 1 atom stereocenters. The third kappa shape index (κ3) is 3.49. The Balaban J connectivity index is 1.99. The van der Waals surface area contributed by atoms with Crippen LogP contribution < -0.4 is 4.90 Å². The highest BCUT2D eigenvalue weighted by molar-refractivity contribution is 6.51. The lowest BCUT2D eigenvalue weighted by atomic mass is 9.92. The predicted octanol–water partition coefficient (Wildman–Crippen LogP) is 5.93. The Kier molecular flexibility index (Phi) is 5.37. The summed E-state index contributed by atoms with van der Waals surface area (Å²) in [6.45, 7) is 1.85. The number of carbonyl (C=O) groups excluding carboxylic acids is 2.